The average Bonchev–Trinajstić information content (AvgIpc) is 2.47. The van der Waals surface area contributed by atoms with E-state index in [1.54, 1.807) is 41.5 Å². The molecule has 0 aromatic rings. The van der Waals surface area contributed by atoms with Crippen molar-refractivity contribution in [3.8, 4) is 0 Å². The Bertz CT molecular complexity index is 554. The zero-order valence-electron chi connectivity index (χ0n) is 17.4. The van der Waals surface area contributed by atoms with Gasteiger partial charge in [0.05, 0.1) is 4.99 Å². The largest absolute Gasteiger partial charge is 0.443 e. The number of hydrogen-bond acceptors (Lipinski definition) is 9. The van der Waals surface area contributed by atoms with Crippen molar-refractivity contribution in [1.82, 2.24) is 4.90 Å². The molecule has 0 aromatic heterocycles. The van der Waals surface area contributed by atoms with E-state index in [9.17, 15) is 19.5 Å². The average molecular weight is 424 g/mol. The second-order valence-electron chi connectivity index (χ2n) is 7.89. The Morgan fingerprint density at radius 3 is 1.86 bits per heavy atom. The van der Waals surface area contributed by atoms with Crippen molar-refractivity contribution < 1.29 is 33.8 Å². The Labute approximate surface area is 169 Å². The number of amides is 2. The summed E-state index contributed by atoms with van der Waals surface area (Å²) >= 11 is 0.367. The highest BCUT2D eigenvalue weighted by Crippen LogP contribution is 2.18. The fourth-order valence-electron chi connectivity index (χ4n) is 1.84. The van der Waals surface area contributed by atoms with E-state index in [2.05, 4.69) is 4.84 Å². The molecule has 10 nitrogen and oxygen atoms in total. The highest BCUT2D eigenvalue weighted by molar-refractivity contribution is 7.98. The van der Waals surface area contributed by atoms with Gasteiger partial charge in [-0.3, -0.25) is 9.63 Å². The summed E-state index contributed by atoms with van der Waals surface area (Å²) in [5.74, 6) is 4.69. The lowest BCUT2D eigenvalue weighted by Crippen LogP contribution is -2.50. The molecule has 11 heteroatoms. The van der Waals surface area contributed by atoms with Gasteiger partial charge in [-0.1, -0.05) is 0 Å². The van der Waals surface area contributed by atoms with Crippen LogP contribution in [0.3, 0.4) is 0 Å². The van der Waals surface area contributed by atoms with Crippen LogP contribution in [0.1, 0.15) is 48.0 Å². The minimum absolute atomic E-state index is 0.0701. The first-order valence-corrected chi connectivity index (χ1v) is 9.81. The Kier molecular flexibility index (Phi) is 10.8. The van der Waals surface area contributed by atoms with Crippen molar-refractivity contribution in [3.05, 3.63) is 0 Å². The van der Waals surface area contributed by atoms with Gasteiger partial charge in [0.15, 0.2) is 5.78 Å². The molecule has 28 heavy (non-hydrogen) atoms. The number of carbonyl (C=O) groups is 3. The predicted octanol–water partition coefficient (Wildman–Crippen LogP) is 0.923. The molecule has 0 aliphatic carbocycles. The van der Waals surface area contributed by atoms with Crippen molar-refractivity contribution in [2.45, 2.75) is 65.3 Å². The van der Waals surface area contributed by atoms with Crippen LogP contribution in [-0.2, 0) is 19.1 Å². The molecule has 0 rings (SSSR count). The molecule has 0 saturated heterocycles. The quantitative estimate of drug-likeness (QED) is 0.266. The van der Waals surface area contributed by atoms with Gasteiger partial charge in [0, 0.05) is 13.0 Å². The van der Waals surface area contributed by atoms with E-state index >= 15 is 0 Å². The number of thiol groups is 1. The van der Waals surface area contributed by atoms with Gasteiger partial charge in [0.2, 0.25) is 0 Å². The summed E-state index contributed by atoms with van der Waals surface area (Å²) in [6.45, 7) is 9.61. The molecule has 0 aliphatic rings. The van der Waals surface area contributed by atoms with E-state index < -0.39 is 48.3 Å². The van der Waals surface area contributed by atoms with E-state index in [1.165, 1.54) is 0 Å². The van der Waals surface area contributed by atoms with Gasteiger partial charge in [0.1, 0.15) is 23.9 Å². The van der Waals surface area contributed by atoms with Crippen LogP contribution in [0.5, 0.6) is 0 Å². The SMILES string of the molecule is CC(C)(C)OC(=O)N(C(=O)OC(C)(C)C)C(=[SH]CCN)C(O)CC(=O)CON. The molecule has 0 spiro atoms. The summed E-state index contributed by atoms with van der Waals surface area (Å²) in [7, 11) is 0. The molecule has 164 valence electrons. The molecule has 0 aliphatic heterocycles. The number of aliphatic hydroxyl groups is 1. The van der Waals surface area contributed by atoms with Gasteiger partial charge in [-0.25, -0.2) is 15.5 Å². The molecular formula is C17H33N3O7S. The van der Waals surface area contributed by atoms with Crippen LogP contribution in [0.15, 0.2) is 0 Å². The number of ketones is 1. The predicted molar refractivity (Wildman–Crippen MR) is 108 cm³/mol. The Morgan fingerprint density at radius 1 is 1.04 bits per heavy atom. The molecule has 1 atom stereocenters. The maximum atomic E-state index is 12.7. The van der Waals surface area contributed by atoms with Gasteiger partial charge in [-0.2, -0.15) is 16.3 Å². The smallest absolute Gasteiger partial charge is 0.424 e. The van der Waals surface area contributed by atoms with Crippen molar-refractivity contribution in [2.75, 3.05) is 18.9 Å². The third-order valence-electron chi connectivity index (χ3n) is 2.75. The number of carbonyl (C=O) groups excluding carboxylic acids is 3. The number of nitrogens with two attached hydrogens (primary N) is 2. The van der Waals surface area contributed by atoms with Crippen LogP contribution in [0, 0.1) is 0 Å². The second kappa shape index (κ2) is 11.5. The number of rotatable bonds is 7. The Balaban J connectivity index is 5.97. The fraction of sp³-hybridized carbons (Fsp3) is 0.765. The van der Waals surface area contributed by atoms with Crippen LogP contribution >= 0.6 is 11.4 Å². The minimum Gasteiger partial charge on any atom is -0.443 e. The van der Waals surface area contributed by atoms with Gasteiger partial charge >= 0.3 is 12.2 Å². The van der Waals surface area contributed by atoms with Crippen molar-refractivity contribution >= 4 is 34.3 Å². The third kappa shape index (κ3) is 10.7. The minimum atomic E-state index is -1.46. The van der Waals surface area contributed by atoms with Gasteiger partial charge in [-0.05, 0) is 47.3 Å². The van der Waals surface area contributed by atoms with E-state index in [1.807, 2.05) is 0 Å². The maximum Gasteiger partial charge on any atom is 0.424 e. The van der Waals surface area contributed by atoms with Crippen LogP contribution in [0.4, 0.5) is 9.59 Å². The molecule has 0 aromatic carbocycles. The van der Waals surface area contributed by atoms with E-state index in [0.717, 1.165) is 0 Å². The summed E-state index contributed by atoms with van der Waals surface area (Å²) in [5.41, 5.74) is 3.72. The number of ether oxygens (including phenoxy) is 2. The summed E-state index contributed by atoms with van der Waals surface area (Å²) in [4.78, 5) is 42.0. The Morgan fingerprint density at radius 2 is 1.50 bits per heavy atom. The van der Waals surface area contributed by atoms with Crippen LogP contribution < -0.4 is 11.6 Å². The van der Waals surface area contributed by atoms with Crippen molar-refractivity contribution in [2.24, 2.45) is 11.6 Å². The fourth-order valence-corrected chi connectivity index (χ4v) is 2.80. The summed E-state index contributed by atoms with van der Waals surface area (Å²) < 4.78 is 10.6. The first-order valence-electron chi connectivity index (χ1n) is 8.73. The molecule has 0 radical (unpaired) electrons. The monoisotopic (exact) mass is 423 g/mol. The van der Waals surface area contributed by atoms with Gasteiger partial charge in [0.25, 0.3) is 0 Å². The van der Waals surface area contributed by atoms with Gasteiger partial charge < -0.3 is 20.3 Å². The zero-order valence-corrected chi connectivity index (χ0v) is 18.2. The lowest BCUT2D eigenvalue weighted by atomic mass is 10.1. The molecule has 0 heterocycles. The summed E-state index contributed by atoms with van der Waals surface area (Å²) in [6.07, 6.45) is -3.92. The summed E-state index contributed by atoms with van der Waals surface area (Å²) in [5, 5.41) is 10.5. The highest BCUT2D eigenvalue weighted by Gasteiger charge is 2.37. The molecule has 2 amide bonds. The number of hydrogen-bond donors (Lipinski definition) is 4. The van der Waals surface area contributed by atoms with Crippen LogP contribution in [0.25, 0.3) is 0 Å². The van der Waals surface area contributed by atoms with Crippen molar-refractivity contribution in [3.63, 3.8) is 0 Å². The molecule has 1 unspecified atom stereocenters. The Hall–Kier alpha value is -1.53. The molecule has 0 fully saturated rings. The van der Waals surface area contributed by atoms with Crippen LogP contribution in [-0.4, -0.2) is 69.2 Å². The molecule has 0 saturated carbocycles. The van der Waals surface area contributed by atoms with E-state index in [0.29, 0.717) is 22.0 Å². The molecular weight excluding hydrogens is 390 g/mol. The lowest BCUT2D eigenvalue weighted by Gasteiger charge is -2.31. The molecule has 5 N–H and O–H groups in total. The van der Waals surface area contributed by atoms with Crippen LogP contribution in [0.2, 0.25) is 0 Å². The van der Waals surface area contributed by atoms with E-state index in [-0.39, 0.29) is 11.5 Å². The standard InChI is InChI=1S/C17H33N3O7S/c1-16(2,3)26-14(23)20(15(24)27-17(4,5)6)13(28-8-7-18)12(22)9-11(21)10-25-19/h12,22,28H,7-10,18-19H2,1-6H3. The number of imide groups is 1. The lowest BCUT2D eigenvalue weighted by molar-refractivity contribution is -0.124. The first-order chi connectivity index (χ1) is 12.7. The zero-order chi connectivity index (χ0) is 22.1. The normalized spacial score (nSPS) is 14.0. The number of nitrogens with zero attached hydrogens (tertiary/aromatic N) is 1. The number of Topliss-reactive ketones (excluding diaryl/α,β-unsaturated/α-hetero) is 1. The third-order valence-corrected chi connectivity index (χ3v) is 4.05. The molecule has 0 bridgehead atoms. The first kappa shape index (κ1) is 26.5. The topological polar surface area (TPSA) is 154 Å². The highest BCUT2D eigenvalue weighted by atomic mass is 32.1. The second-order valence-corrected chi connectivity index (χ2v) is 9.12. The summed E-state index contributed by atoms with van der Waals surface area (Å²) in [6, 6.07) is 0. The maximum absolute atomic E-state index is 12.7. The van der Waals surface area contributed by atoms with Crippen molar-refractivity contribution in [1.29, 1.82) is 0 Å². The van der Waals surface area contributed by atoms with E-state index in [4.69, 9.17) is 21.1 Å². The number of aliphatic hydroxyl groups excluding tert-OH is 1. The van der Waals surface area contributed by atoms with Gasteiger partial charge in [-0.15, -0.1) is 0 Å².